The molecule has 1 aromatic carbocycles. The normalized spacial score (nSPS) is 30.3. The minimum atomic E-state index is -0.369. The van der Waals surface area contributed by atoms with E-state index in [9.17, 15) is 4.79 Å². The van der Waals surface area contributed by atoms with E-state index in [1.54, 1.807) is 0 Å². The minimum absolute atomic E-state index is 0.0148. The van der Waals surface area contributed by atoms with E-state index in [4.69, 9.17) is 4.74 Å². The summed E-state index contributed by atoms with van der Waals surface area (Å²) in [5.41, 5.74) is 2.36. The van der Waals surface area contributed by atoms with Gasteiger partial charge in [-0.1, -0.05) is 72.1 Å². The fourth-order valence-corrected chi connectivity index (χ4v) is 5.18. The molecule has 1 unspecified atom stereocenters. The number of hydrogen-bond donors (Lipinski definition) is 0. The average Bonchev–Trinajstić information content (AvgIpc) is 2.82. The van der Waals surface area contributed by atoms with E-state index in [0.29, 0.717) is 6.61 Å². The number of carbonyl (C=O) groups excluding carboxylic acids is 1. The molecule has 1 aromatic rings. The van der Waals surface area contributed by atoms with Crippen LogP contribution in [0.2, 0.25) is 0 Å². The predicted molar refractivity (Wildman–Crippen MR) is 84.1 cm³/mol. The molecule has 0 saturated carbocycles. The van der Waals surface area contributed by atoms with Crippen LogP contribution in [-0.4, -0.2) is 25.7 Å². The van der Waals surface area contributed by atoms with Crippen molar-refractivity contribution >= 4 is 53.9 Å². The van der Waals surface area contributed by atoms with Gasteiger partial charge in [0.2, 0.25) is 0 Å². The first-order chi connectivity index (χ1) is 9.00. The van der Waals surface area contributed by atoms with E-state index in [1.807, 2.05) is 24.0 Å². The van der Waals surface area contributed by atoms with Crippen LogP contribution < -0.4 is 0 Å². The summed E-state index contributed by atoms with van der Waals surface area (Å²) in [4.78, 5) is 14.2. The third-order valence-corrected chi connectivity index (χ3v) is 7.98. The molecule has 0 aromatic heterocycles. The van der Waals surface area contributed by atoms with Crippen LogP contribution in [0.1, 0.15) is 30.1 Å². The molecule has 102 valence electrons. The van der Waals surface area contributed by atoms with Crippen molar-refractivity contribution in [2.24, 2.45) is 0 Å². The van der Waals surface area contributed by atoms with Gasteiger partial charge in [-0.3, -0.25) is 4.90 Å². The molecule has 6 heteroatoms. The molecule has 0 N–H and O–H groups in total. The Labute approximate surface area is 137 Å². The second-order valence-corrected chi connectivity index (χ2v) is 9.33. The molecule has 19 heavy (non-hydrogen) atoms. The first-order valence-corrected chi connectivity index (χ1v) is 8.56. The Hall–Kier alpha value is -0.0700. The molecular formula is C13H12Br3NO2. The minimum Gasteiger partial charge on any atom is -0.450 e. The predicted octanol–water partition coefficient (Wildman–Crippen LogP) is 4.50. The van der Waals surface area contributed by atoms with E-state index in [1.165, 1.54) is 11.1 Å². The highest BCUT2D eigenvalue weighted by atomic mass is 79.9. The van der Waals surface area contributed by atoms with Crippen molar-refractivity contribution in [3.8, 4) is 0 Å². The van der Waals surface area contributed by atoms with Crippen LogP contribution >= 0.6 is 47.8 Å². The zero-order chi connectivity index (χ0) is 13.8. The van der Waals surface area contributed by atoms with Gasteiger partial charge >= 0.3 is 6.09 Å². The van der Waals surface area contributed by atoms with E-state index < -0.39 is 0 Å². The van der Waals surface area contributed by atoms with Crippen LogP contribution in [0.5, 0.6) is 0 Å². The number of amides is 1. The smallest absolute Gasteiger partial charge is 0.410 e. The second kappa shape index (κ2) is 4.74. The molecule has 0 aliphatic carbocycles. The van der Waals surface area contributed by atoms with Gasteiger partial charge in [0.05, 0.1) is 23.5 Å². The highest BCUT2D eigenvalue weighted by Crippen LogP contribution is 2.66. The third-order valence-electron chi connectivity index (χ3n) is 3.68. The van der Waals surface area contributed by atoms with Gasteiger partial charge in [-0.05, 0) is 18.1 Å². The van der Waals surface area contributed by atoms with Crippen molar-refractivity contribution in [3.05, 3.63) is 35.4 Å². The fourth-order valence-electron chi connectivity index (χ4n) is 2.96. The van der Waals surface area contributed by atoms with Crippen molar-refractivity contribution in [2.45, 2.75) is 27.1 Å². The Kier molecular flexibility index (Phi) is 3.47. The fraction of sp³-hybridized carbons (Fsp3) is 0.462. The van der Waals surface area contributed by atoms with Gasteiger partial charge in [-0.15, -0.1) is 0 Å². The Balaban J connectivity index is 2.10. The molecule has 2 aliphatic heterocycles. The molecule has 3 rings (SSSR count). The monoisotopic (exact) mass is 451 g/mol. The summed E-state index contributed by atoms with van der Waals surface area (Å²) in [5.74, 6) is 0. The summed E-state index contributed by atoms with van der Waals surface area (Å²) in [6.45, 7) is 2.21. The molecule has 2 bridgehead atoms. The summed E-state index contributed by atoms with van der Waals surface area (Å²) >= 11 is 11.1. The zero-order valence-corrected chi connectivity index (χ0v) is 14.9. The van der Waals surface area contributed by atoms with Crippen LogP contribution in [0, 0.1) is 0 Å². The zero-order valence-electron chi connectivity index (χ0n) is 10.1. The highest BCUT2D eigenvalue weighted by Gasteiger charge is 2.64. The lowest BCUT2D eigenvalue weighted by Gasteiger charge is -2.30. The van der Waals surface area contributed by atoms with E-state index in [-0.39, 0.29) is 26.2 Å². The summed E-state index contributed by atoms with van der Waals surface area (Å²) in [6, 6.07) is 8.07. The van der Waals surface area contributed by atoms with Gasteiger partial charge in [0, 0.05) is 0 Å². The molecule has 2 aliphatic rings. The number of rotatable bonds is 1. The number of carbonyl (C=O) groups is 1. The lowest BCUT2D eigenvalue weighted by atomic mass is 9.92. The standard InChI is InChI=1S/C13H12Br3NO2/c1-2-19-12(18)17-9-7-5-3-4-6-8(7)11(17)13(15,16)10(9)14/h3-6,9-11H,2H2,1H3/t9-,10?,11+/m0/s1. The van der Waals surface area contributed by atoms with Gasteiger partial charge < -0.3 is 4.74 Å². The number of benzene rings is 1. The molecule has 2 heterocycles. The lowest BCUT2D eigenvalue weighted by molar-refractivity contribution is 0.0948. The molecule has 0 spiro atoms. The molecule has 3 nitrogen and oxygen atoms in total. The van der Waals surface area contributed by atoms with Crippen molar-refractivity contribution < 1.29 is 9.53 Å². The quantitative estimate of drug-likeness (QED) is 0.586. The number of alkyl halides is 3. The number of ether oxygens (including phenoxy) is 1. The molecule has 1 saturated heterocycles. The van der Waals surface area contributed by atoms with Gasteiger partial charge in [0.25, 0.3) is 0 Å². The number of fused-ring (bicyclic) bond motifs is 5. The molecule has 1 fully saturated rings. The third kappa shape index (κ3) is 1.83. The summed E-state index contributed by atoms with van der Waals surface area (Å²) in [7, 11) is 0. The van der Waals surface area contributed by atoms with E-state index in [2.05, 4.69) is 59.9 Å². The largest absolute Gasteiger partial charge is 0.450 e. The first-order valence-electron chi connectivity index (χ1n) is 6.06. The number of halogens is 3. The van der Waals surface area contributed by atoms with Gasteiger partial charge in [-0.2, -0.15) is 0 Å². The first kappa shape index (κ1) is 13.9. The topological polar surface area (TPSA) is 29.5 Å². The van der Waals surface area contributed by atoms with E-state index >= 15 is 0 Å². The maximum Gasteiger partial charge on any atom is 0.410 e. The Morgan fingerprint density at radius 2 is 2.00 bits per heavy atom. The molecule has 1 amide bonds. The Morgan fingerprint density at radius 1 is 1.37 bits per heavy atom. The molecular weight excluding hydrogens is 442 g/mol. The van der Waals surface area contributed by atoms with Gasteiger partial charge in [0.1, 0.15) is 3.23 Å². The van der Waals surface area contributed by atoms with E-state index in [0.717, 1.165) is 0 Å². The van der Waals surface area contributed by atoms with Gasteiger partial charge in [-0.25, -0.2) is 4.79 Å². The van der Waals surface area contributed by atoms with Gasteiger partial charge in [0.15, 0.2) is 0 Å². The SMILES string of the molecule is CCOC(=O)N1[C@H]2c3ccccc3[C@@H]1C(Br)(Br)C2Br. The Morgan fingerprint density at radius 3 is 2.63 bits per heavy atom. The maximum atomic E-state index is 12.2. The van der Waals surface area contributed by atoms with Crippen LogP contribution in [0.4, 0.5) is 4.79 Å². The maximum absolute atomic E-state index is 12.2. The summed E-state index contributed by atoms with van der Waals surface area (Å²) in [6.07, 6.45) is -0.265. The molecule has 3 atom stereocenters. The van der Waals surface area contributed by atoms with Crippen molar-refractivity contribution in [1.29, 1.82) is 0 Å². The highest BCUT2D eigenvalue weighted by molar-refractivity contribution is 9.26. The number of nitrogens with zero attached hydrogens (tertiary/aromatic N) is 1. The number of hydrogen-bond acceptors (Lipinski definition) is 2. The van der Waals surface area contributed by atoms with Crippen molar-refractivity contribution in [3.63, 3.8) is 0 Å². The average molecular weight is 454 g/mol. The van der Waals surface area contributed by atoms with Crippen molar-refractivity contribution in [2.75, 3.05) is 6.61 Å². The molecule has 0 radical (unpaired) electrons. The second-order valence-electron chi connectivity index (χ2n) is 4.66. The Bertz CT molecular complexity index is 534. The van der Waals surface area contributed by atoms with Crippen LogP contribution in [-0.2, 0) is 4.74 Å². The van der Waals surface area contributed by atoms with Crippen LogP contribution in [0.15, 0.2) is 24.3 Å². The van der Waals surface area contributed by atoms with Crippen molar-refractivity contribution in [1.82, 2.24) is 4.90 Å². The van der Waals surface area contributed by atoms with Crippen LogP contribution in [0.25, 0.3) is 0 Å². The lowest BCUT2D eigenvalue weighted by Crippen LogP contribution is -2.32. The van der Waals surface area contributed by atoms with Crippen LogP contribution in [0.3, 0.4) is 0 Å². The summed E-state index contributed by atoms with van der Waals surface area (Å²) < 4.78 is 4.83. The summed E-state index contributed by atoms with van der Waals surface area (Å²) in [5, 5.41) is 0.